The zero-order valence-corrected chi connectivity index (χ0v) is 14.1. The Morgan fingerprint density at radius 1 is 1.04 bits per heavy atom. The second-order valence-electron chi connectivity index (χ2n) is 5.83. The van der Waals surface area contributed by atoms with Gasteiger partial charge in [-0.2, -0.15) is 0 Å². The maximum absolute atomic E-state index is 13.3. The Hall–Kier alpha value is -3.28. The Labute approximate surface area is 150 Å². The maximum Gasteiger partial charge on any atom is 0.254 e. The first-order chi connectivity index (χ1) is 12.5. The van der Waals surface area contributed by atoms with Crippen LogP contribution < -0.4 is 5.32 Å². The molecule has 0 aliphatic rings. The molecular formula is C20H17F2N3O. The molecule has 0 unspecified atom stereocenters. The molecule has 0 saturated heterocycles. The molecule has 0 aliphatic heterocycles. The summed E-state index contributed by atoms with van der Waals surface area (Å²) in [5.74, 6) is -1.67. The van der Waals surface area contributed by atoms with Crippen LogP contribution >= 0.6 is 0 Å². The first-order valence-electron chi connectivity index (χ1n) is 8.00. The van der Waals surface area contributed by atoms with Gasteiger partial charge in [0.2, 0.25) is 0 Å². The van der Waals surface area contributed by atoms with E-state index in [0.717, 1.165) is 17.7 Å². The monoisotopic (exact) mass is 353 g/mol. The van der Waals surface area contributed by atoms with Crippen molar-refractivity contribution in [1.82, 2.24) is 9.88 Å². The molecule has 1 heterocycles. The molecule has 6 heteroatoms. The van der Waals surface area contributed by atoms with Gasteiger partial charge in [0.15, 0.2) is 11.6 Å². The van der Waals surface area contributed by atoms with Crippen LogP contribution in [-0.4, -0.2) is 22.8 Å². The Morgan fingerprint density at radius 2 is 1.81 bits per heavy atom. The van der Waals surface area contributed by atoms with Crippen LogP contribution in [0.5, 0.6) is 0 Å². The summed E-state index contributed by atoms with van der Waals surface area (Å²) in [5, 5.41) is 2.87. The molecule has 1 amide bonds. The number of nitrogens with one attached hydrogen (secondary N) is 1. The number of nitrogens with zero attached hydrogens (tertiary/aromatic N) is 2. The van der Waals surface area contributed by atoms with Crippen LogP contribution in [0.15, 0.2) is 66.9 Å². The van der Waals surface area contributed by atoms with Crippen molar-refractivity contribution in [2.45, 2.75) is 6.54 Å². The predicted molar refractivity (Wildman–Crippen MR) is 96.1 cm³/mol. The van der Waals surface area contributed by atoms with E-state index in [1.165, 1.54) is 12.3 Å². The number of anilines is 2. The number of benzene rings is 2. The molecular weight excluding hydrogens is 336 g/mol. The Bertz CT molecular complexity index is 916. The predicted octanol–water partition coefficient (Wildman–Crippen LogP) is 4.38. The number of halogens is 2. The van der Waals surface area contributed by atoms with Crippen molar-refractivity contribution in [2.75, 3.05) is 12.4 Å². The number of pyridine rings is 1. The molecule has 132 valence electrons. The van der Waals surface area contributed by atoms with Gasteiger partial charge in [0.05, 0.1) is 0 Å². The van der Waals surface area contributed by atoms with Gasteiger partial charge >= 0.3 is 0 Å². The minimum absolute atomic E-state index is 0.162. The molecule has 26 heavy (non-hydrogen) atoms. The van der Waals surface area contributed by atoms with Crippen LogP contribution in [0, 0.1) is 11.6 Å². The molecule has 2 aromatic carbocycles. The smallest absolute Gasteiger partial charge is 0.254 e. The molecule has 1 N–H and O–H groups in total. The van der Waals surface area contributed by atoms with Gasteiger partial charge in [-0.3, -0.25) is 4.79 Å². The van der Waals surface area contributed by atoms with Crippen molar-refractivity contribution in [3.63, 3.8) is 0 Å². The number of aromatic nitrogens is 1. The van der Waals surface area contributed by atoms with Crippen LogP contribution in [0.1, 0.15) is 15.9 Å². The van der Waals surface area contributed by atoms with Gasteiger partial charge < -0.3 is 10.2 Å². The van der Waals surface area contributed by atoms with Crippen LogP contribution in [0.25, 0.3) is 0 Å². The average molecular weight is 353 g/mol. The van der Waals surface area contributed by atoms with Crippen molar-refractivity contribution in [3.8, 4) is 0 Å². The summed E-state index contributed by atoms with van der Waals surface area (Å²) < 4.78 is 26.3. The fourth-order valence-electron chi connectivity index (χ4n) is 2.50. The highest BCUT2D eigenvalue weighted by atomic mass is 19.2. The summed E-state index contributed by atoms with van der Waals surface area (Å²) in [6.45, 7) is 0.480. The normalized spacial score (nSPS) is 10.4. The van der Waals surface area contributed by atoms with Crippen molar-refractivity contribution in [1.29, 1.82) is 0 Å². The summed E-state index contributed by atoms with van der Waals surface area (Å²) in [6, 6.07) is 16.3. The minimum atomic E-state index is -0.954. The first-order valence-corrected chi connectivity index (χ1v) is 8.00. The van der Waals surface area contributed by atoms with E-state index in [2.05, 4.69) is 10.3 Å². The lowest BCUT2D eigenvalue weighted by Gasteiger charge is -2.17. The Balaban J connectivity index is 1.73. The van der Waals surface area contributed by atoms with E-state index in [1.807, 2.05) is 30.3 Å². The Morgan fingerprint density at radius 3 is 2.54 bits per heavy atom. The summed E-state index contributed by atoms with van der Waals surface area (Å²) in [4.78, 5) is 18.3. The largest absolute Gasteiger partial charge is 0.340 e. The summed E-state index contributed by atoms with van der Waals surface area (Å²) >= 11 is 0. The van der Waals surface area contributed by atoms with E-state index >= 15 is 0 Å². The van der Waals surface area contributed by atoms with Crippen LogP contribution in [-0.2, 0) is 6.54 Å². The van der Waals surface area contributed by atoms with Crippen LogP contribution in [0.2, 0.25) is 0 Å². The molecule has 3 aromatic rings. The van der Waals surface area contributed by atoms with Crippen LogP contribution in [0.4, 0.5) is 20.3 Å². The van der Waals surface area contributed by atoms with Crippen molar-refractivity contribution < 1.29 is 13.6 Å². The Kier molecular flexibility index (Phi) is 5.22. The molecule has 0 fully saturated rings. The third kappa shape index (κ3) is 4.22. The third-order valence-electron chi connectivity index (χ3n) is 3.81. The lowest BCUT2D eigenvalue weighted by molar-refractivity contribution is 0.0785. The summed E-state index contributed by atoms with van der Waals surface area (Å²) in [6.07, 6.45) is 1.49. The average Bonchev–Trinajstić information content (AvgIpc) is 2.65. The standard InChI is InChI=1S/C20H17F2N3O/c1-25(13-14-5-3-2-4-6-14)20(26)15-9-10-23-19(11-15)24-16-7-8-17(21)18(22)12-16/h2-12H,13H2,1H3,(H,23,24). The van der Waals surface area contributed by atoms with E-state index in [9.17, 15) is 13.6 Å². The fraction of sp³-hybridized carbons (Fsp3) is 0.100. The maximum atomic E-state index is 13.3. The highest BCUT2D eigenvalue weighted by Gasteiger charge is 2.13. The topological polar surface area (TPSA) is 45.2 Å². The molecule has 0 bridgehead atoms. The summed E-state index contributed by atoms with van der Waals surface area (Å²) in [5.41, 5.74) is 1.82. The molecule has 4 nitrogen and oxygen atoms in total. The van der Waals surface area contributed by atoms with Gasteiger partial charge in [-0.25, -0.2) is 13.8 Å². The van der Waals surface area contributed by atoms with Gasteiger partial charge in [0.1, 0.15) is 5.82 Å². The quantitative estimate of drug-likeness (QED) is 0.741. The molecule has 1 aromatic heterocycles. The number of carbonyl (C=O) groups excluding carboxylic acids is 1. The second kappa shape index (κ2) is 7.74. The summed E-state index contributed by atoms with van der Waals surface area (Å²) in [7, 11) is 1.72. The zero-order chi connectivity index (χ0) is 18.5. The molecule has 0 radical (unpaired) electrons. The lowest BCUT2D eigenvalue weighted by atomic mass is 10.2. The van der Waals surface area contributed by atoms with E-state index in [1.54, 1.807) is 24.1 Å². The zero-order valence-electron chi connectivity index (χ0n) is 14.1. The van der Waals surface area contributed by atoms with Crippen molar-refractivity contribution in [3.05, 3.63) is 89.6 Å². The SMILES string of the molecule is CN(Cc1ccccc1)C(=O)c1ccnc(Nc2ccc(F)c(F)c2)c1. The molecule has 0 saturated carbocycles. The van der Waals surface area contributed by atoms with E-state index in [-0.39, 0.29) is 5.91 Å². The number of amides is 1. The third-order valence-corrected chi connectivity index (χ3v) is 3.81. The van der Waals surface area contributed by atoms with Crippen molar-refractivity contribution >= 4 is 17.4 Å². The molecule has 3 rings (SSSR count). The van der Waals surface area contributed by atoms with Gasteiger partial charge in [0, 0.05) is 37.1 Å². The number of hydrogen-bond donors (Lipinski definition) is 1. The second-order valence-corrected chi connectivity index (χ2v) is 5.83. The highest BCUT2D eigenvalue weighted by molar-refractivity contribution is 5.94. The van der Waals surface area contributed by atoms with Gasteiger partial charge in [0.25, 0.3) is 5.91 Å². The van der Waals surface area contributed by atoms with Gasteiger partial charge in [-0.05, 0) is 29.8 Å². The van der Waals surface area contributed by atoms with Gasteiger partial charge in [-0.15, -0.1) is 0 Å². The number of hydrogen-bond acceptors (Lipinski definition) is 3. The van der Waals surface area contributed by atoms with Crippen molar-refractivity contribution in [2.24, 2.45) is 0 Å². The molecule has 0 atom stereocenters. The highest BCUT2D eigenvalue weighted by Crippen LogP contribution is 2.19. The first kappa shape index (κ1) is 17.5. The molecule has 0 aliphatic carbocycles. The number of carbonyl (C=O) groups is 1. The van der Waals surface area contributed by atoms with E-state index in [0.29, 0.717) is 23.6 Å². The minimum Gasteiger partial charge on any atom is -0.340 e. The lowest BCUT2D eigenvalue weighted by Crippen LogP contribution is -2.26. The van der Waals surface area contributed by atoms with Crippen LogP contribution in [0.3, 0.4) is 0 Å². The molecule has 0 spiro atoms. The van der Waals surface area contributed by atoms with Gasteiger partial charge in [-0.1, -0.05) is 30.3 Å². The van der Waals surface area contributed by atoms with E-state index < -0.39 is 11.6 Å². The fourth-order valence-corrected chi connectivity index (χ4v) is 2.50. The van der Waals surface area contributed by atoms with E-state index in [4.69, 9.17) is 0 Å². The number of rotatable bonds is 5.